The Morgan fingerprint density at radius 2 is 2.08 bits per heavy atom. The van der Waals surface area contributed by atoms with Gasteiger partial charge in [-0.2, -0.15) is 0 Å². The molecule has 2 atom stereocenters. The lowest BCUT2D eigenvalue weighted by molar-refractivity contribution is -0.124. The fourth-order valence-corrected chi connectivity index (χ4v) is 2.81. The molecule has 0 radical (unpaired) electrons. The largest absolute Gasteiger partial charge is 0.490 e. The third-order valence-electron chi connectivity index (χ3n) is 4.66. The van der Waals surface area contributed by atoms with Crippen molar-refractivity contribution in [3.05, 3.63) is 29.3 Å². The molecule has 0 aliphatic carbocycles. The molecule has 1 aromatic rings. The van der Waals surface area contributed by atoms with E-state index in [9.17, 15) is 4.79 Å². The Hall–Kier alpha value is -1.30. The molecule has 1 aromatic carbocycles. The molecule has 1 aliphatic rings. The molecule has 1 fully saturated rings. The smallest absolute Gasteiger partial charge is 0.237 e. The van der Waals surface area contributed by atoms with E-state index < -0.39 is 6.04 Å². The van der Waals surface area contributed by atoms with Crippen molar-refractivity contribution in [2.45, 2.75) is 58.7 Å². The molecule has 0 saturated carbocycles. The standard InChI is InChI=1S/C19H30N2O3.ClH/c1-4-14(3)24-17-11-13(2)5-6-16(17)12-21-19(22)18(20)15-7-9-23-10-8-15;/h5-6,11,14-15,18H,4,7-10,12,20H2,1-3H3,(H,21,22);1H. The van der Waals surface area contributed by atoms with Crippen LogP contribution in [-0.4, -0.2) is 31.3 Å². The van der Waals surface area contributed by atoms with Crippen LogP contribution >= 0.6 is 12.4 Å². The first-order valence-electron chi connectivity index (χ1n) is 8.88. The molecule has 1 aliphatic heterocycles. The highest BCUT2D eigenvalue weighted by Crippen LogP contribution is 2.23. The number of aryl methyl sites for hydroxylation is 1. The first kappa shape index (κ1) is 21.7. The second kappa shape index (κ2) is 10.6. The molecule has 1 saturated heterocycles. The number of carbonyl (C=O) groups excluding carboxylic acids is 1. The van der Waals surface area contributed by atoms with Crippen LogP contribution in [0.3, 0.4) is 0 Å². The third kappa shape index (κ3) is 6.49. The molecule has 1 amide bonds. The number of benzene rings is 1. The minimum absolute atomic E-state index is 0. The predicted molar refractivity (Wildman–Crippen MR) is 102 cm³/mol. The van der Waals surface area contributed by atoms with E-state index in [2.05, 4.69) is 12.2 Å². The van der Waals surface area contributed by atoms with Gasteiger partial charge in [-0.15, -0.1) is 12.4 Å². The van der Waals surface area contributed by atoms with Gasteiger partial charge in [0.25, 0.3) is 0 Å². The number of nitrogens with two attached hydrogens (primary N) is 1. The van der Waals surface area contributed by atoms with Gasteiger partial charge in [0.15, 0.2) is 0 Å². The van der Waals surface area contributed by atoms with E-state index in [4.69, 9.17) is 15.2 Å². The first-order valence-corrected chi connectivity index (χ1v) is 8.88. The van der Waals surface area contributed by atoms with E-state index in [1.54, 1.807) is 0 Å². The highest BCUT2D eigenvalue weighted by atomic mass is 35.5. The molecule has 0 aromatic heterocycles. The zero-order valence-corrected chi connectivity index (χ0v) is 16.2. The van der Waals surface area contributed by atoms with Crippen LogP contribution in [0.1, 0.15) is 44.2 Å². The Balaban J connectivity index is 0.00000312. The van der Waals surface area contributed by atoms with Gasteiger partial charge in [0.05, 0.1) is 12.1 Å². The van der Waals surface area contributed by atoms with Crippen molar-refractivity contribution in [3.8, 4) is 5.75 Å². The summed E-state index contributed by atoms with van der Waals surface area (Å²) in [5.74, 6) is 0.939. The first-order chi connectivity index (χ1) is 11.5. The molecule has 0 spiro atoms. The summed E-state index contributed by atoms with van der Waals surface area (Å²) < 4.78 is 11.3. The van der Waals surface area contributed by atoms with Crippen LogP contribution in [0, 0.1) is 12.8 Å². The lowest BCUT2D eigenvalue weighted by atomic mass is 9.92. The van der Waals surface area contributed by atoms with Gasteiger partial charge in [0.2, 0.25) is 5.91 Å². The molecule has 142 valence electrons. The SMILES string of the molecule is CCC(C)Oc1cc(C)ccc1CNC(=O)C(N)C1CCOCC1.Cl. The molecule has 5 nitrogen and oxygen atoms in total. The van der Waals surface area contributed by atoms with Gasteiger partial charge < -0.3 is 20.5 Å². The number of ether oxygens (including phenoxy) is 2. The number of nitrogens with one attached hydrogen (secondary N) is 1. The molecule has 2 rings (SSSR count). The van der Waals surface area contributed by atoms with Crippen LogP contribution in [0.25, 0.3) is 0 Å². The van der Waals surface area contributed by atoms with Gasteiger partial charge in [0, 0.05) is 25.3 Å². The van der Waals surface area contributed by atoms with Gasteiger partial charge in [-0.1, -0.05) is 19.1 Å². The topological polar surface area (TPSA) is 73.6 Å². The summed E-state index contributed by atoms with van der Waals surface area (Å²) in [5, 5.41) is 2.96. The Bertz CT molecular complexity index is 547. The van der Waals surface area contributed by atoms with Crippen LogP contribution in [-0.2, 0) is 16.1 Å². The normalized spacial score (nSPS) is 17.3. The molecule has 1 heterocycles. The van der Waals surface area contributed by atoms with E-state index in [1.165, 1.54) is 0 Å². The summed E-state index contributed by atoms with van der Waals surface area (Å²) in [6.45, 7) is 7.99. The fourth-order valence-electron chi connectivity index (χ4n) is 2.81. The predicted octanol–water partition coefficient (Wildman–Crippen LogP) is 2.96. The second-order valence-corrected chi connectivity index (χ2v) is 6.64. The van der Waals surface area contributed by atoms with Crippen molar-refractivity contribution < 1.29 is 14.3 Å². The Kier molecular flexibility index (Phi) is 9.25. The summed E-state index contributed by atoms with van der Waals surface area (Å²) >= 11 is 0. The molecule has 0 bridgehead atoms. The number of hydrogen-bond donors (Lipinski definition) is 2. The van der Waals surface area contributed by atoms with Crippen LogP contribution in [0.5, 0.6) is 5.75 Å². The number of amides is 1. The molecular formula is C19H31ClN2O3. The van der Waals surface area contributed by atoms with Crippen molar-refractivity contribution in [1.29, 1.82) is 0 Å². The van der Waals surface area contributed by atoms with E-state index in [0.29, 0.717) is 19.8 Å². The van der Waals surface area contributed by atoms with Crippen molar-refractivity contribution in [2.24, 2.45) is 11.7 Å². The Morgan fingerprint density at radius 3 is 2.72 bits per heavy atom. The lowest BCUT2D eigenvalue weighted by Gasteiger charge is -2.27. The highest BCUT2D eigenvalue weighted by Gasteiger charge is 2.26. The molecule has 3 N–H and O–H groups in total. The summed E-state index contributed by atoms with van der Waals surface area (Å²) in [6.07, 6.45) is 2.78. The number of hydrogen-bond acceptors (Lipinski definition) is 4. The number of halogens is 1. The van der Waals surface area contributed by atoms with Crippen LogP contribution in [0.2, 0.25) is 0 Å². The maximum Gasteiger partial charge on any atom is 0.237 e. The average molecular weight is 371 g/mol. The Labute approximate surface area is 157 Å². The van der Waals surface area contributed by atoms with Crippen molar-refractivity contribution in [3.63, 3.8) is 0 Å². The molecule has 6 heteroatoms. The second-order valence-electron chi connectivity index (χ2n) is 6.64. The maximum absolute atomic E-state index is 12.4. The molecule has 25 heavy (non-hydrogen) atoms. The van der Waals surface area contributed by atoms with Crippen LogP contribution in [0.15, 0.2) is 18.2 Å². The third-order valence-corrected chi connectivity index (χ3v) is 4.66. The van der Waals surface area contributed by atoms with Crippen molar-refractivity contribution in [1.82, 2.24) is 5.32 Å². The minimum atomic E-state index is -0.474. The van der Waals surface area contributed by atoms with Gasteiger partial charge >= 0.3 is 0 Å². The van der Waals surface area contributed by atoms with Crippen LogP contribution in [0.4, 0.5) is 0 Å². The van der Waals surface area contributed by atoms with Gasteiger partial charge in [0.1, 0.15) is 5.75 Å². The van der Waals surface area contributed by atoms with Gasteiger partial charge in [-0.3, -0.25) is 4.79 Å². The summed E-state index contributed by atoms with van der Waals surface area (Å²) in [4.78, 5) is 12.4. The minimum Gasteiger partial charge on any atom is -0.490 e. The van der Waals surface area contributed by atoms with Gasteiger partial charge in [-0.25, -0.2) is 0 Å². The zero-order valence-electron chi connectivity index (χ0n) is 15.4. The van der Waals surface area contributed by atoms with E-state index in [0.717, 1.165) is 36.1 Å². The van der Waals surface area contributed by atoms with E-state index in [1.807, 2.05) is 32.0 Å². The fraction of sp³-hybridized carbons (Fsp3) is 0.632. The van der Waals surface area contributed by atoms with Crippen molar-refractivity contribution >= 4 is 18.3 Å². The maximum atomic E-state index is 12.4. The molecular weight excluding hydrogens is 340 g/mol. The van der Waals surface area contributed by atoms with E-state index in [-0.39, 0.29) is 30.3 Å². The monoisotopic (exact) mass is 370 g/mol. The zero-order chi connectivity index (χ0) is 17.5. The summed E-state index contributed by atoms with van der Waals surface area (Å²) in [7, 11) is 0. The molecule has 2 unspecified atom stereocenters. The van der Waals surface area contributed by atoms with Gasteiger partial charge in [-0.05, 0) is 50.7 Å². The number of rotatable bonds is 7. The average Bonchev–Trinajstić information content (AvgIpc) is 2.60. The van der Waals surface area contributed by atoms with Crippen molar-refractivity contribution in [2.75, 3.05) is 13.2 Å². The highest BCUT2D eigenvalue weighted by molar-refractivity contribution is 5.85. The lowest BCUT2D eigenvalue weighted by Crippen LogP contribution is -2.46. The Morgan fingerprint density at radius 1 is 1.40 bits per heavy atom. The number of carbonyl (C=O) groups is 1. The van der Waals surface area contributed by atoms with E-state index >= 15 is 0 Å². The summed E-state index contributed by atoms with van der Waals surface area (Å²) in [5.41, 5.74) is 8.24. The quantitative estimate of drug-likeness (QED) is 0.773. The van der Waals surface area contributed by atoms with Crippen LogP contribution < -0.4 is 15.8 Å². The summed E-state index contributed by atoms with van der Waals surface area (Å²) in [6, 6.07) is 5.58.